The lowest BCUT2D eigenvalue weighted by molar-refractivity contribution is 0.0998. The zero-order valence-electron chi connectivity index (χ0n) is 15.3. The molecule has 26 heavy (non-hydrogen) atoms. The fourth-order valence-electron chi connectivity index (χ4n) is 4.69. The molecule has 2 aliphatic rings. The van der Waals surface area contributed by atoms with Gasteiger partial charge >= 0.3 is 0 Å². The number of aryl methyl sites for hydroxylation is 1. The molecule has 2 aliphatic heterocycles. The van der Waals surface area contributed by atoms with Crippen molar-refractivity contribution in [2.75, 3.05) is 24.5 Å². The molecule has 3 aromatic rings. The molecule has 0 unspecified atom stereocenters. The average molecular weight is 368 g/mol. The van der Waals surface area contributed by atoms with E-state index in [0.29, 0.717) is 5.54 Å². The number of fused-ring (bicyclic) bond motifs is 1. The van der Waals surface area contributed by atoms with Gasteiger partial charge in [-0.3, -0.25) is 9.58 Å². The van der Waals surface area contributed by atoms with E-state index < -0.39 is 0 Å². The molecule has 136 valence electrons. The normalized spacial score (nSPS) is 20.4. The number of para-hydroxylation sites is 1. The van der Waals surface area contributed by atoms with E-state index in [4.69, 9.17) is 4.98 Å². The van der Waals surface area contributed by atoms with Crippen molar-refractivity contribution in [1.29, 1.82) is 0 Å². The van der Waals surface area contributed by atoms with Gasteiger partial charge in [0.15, 0.2) is 5.13 Å². The van der Waals surface area contributed by atoms with Crippen molar-refractivity contribution < 1.29 is 0 Å². The number of benzene rings is 1. The summed E-state index contributed by atoms with van der Waals surface area (Å²) >= 11 is 1.83. The van der Waals surface area contributed by atoms with E-state index in [1.807, 2.05) is 29.3 Å². The van der Waals surface area contributed by atoms with Gasteiger partial charge in [0.25, 0.3) is 0 Å². The van der Waals surface area contributed by atoms with E-state index in [0.717, 1.165) is 25.2 Å². The molecule has 0 aliphatic carbocycles. The smallest absolute Gasteiger partial charge is 0.186 e. The number of likely N-dealkylation sites (tertiary alicyclic amines) is 1. The first-order valence-corrected chi connectivity index (χ1v) is 10.4. The van der Waals surface area contributed by atoms with Gasteiger partial charge in [-0.2, -0.15) is 5.10 Å². The molecule has 0 N–H and O–H groups in total. The summed E-state index contributed by atoms with van der Waals surface area (Å²) in [6, 6.07) is 8.47. The Kier molecular flexibility index (Phi) is 3.98. The molecule has 0 bridgehead atoms. The van der Waals surface area contributed by atoms with E-state index in [9.17, 15) is 0 Å². The highest BCUT2D eigenvalue weighted by molar-refractivity contribution is 7.22. The van der Waals surface area contributed by atoms with Crippen LogP contribution in [-0.4, -0.2) is 44.8 Å². The first-order valence-electron chi connectivity index (χ1n) is 9.55. The van der Waals surface area contributed by atoms with Gasteiger partial charge in [-0.15, -0.1) is 0 Å². The third-order valence-electron chi connectivity index (χ3n) is 6.12. The van der Waals surface area contributed by atoms with Crippen LogP contribution in [0.2, 0.25) is 0 Å². The number of nitrogens with zero attached hydrogens (tertiary/aromatic N) is 5. The lowest BCUT2D eigenvalue weighted by Crippen LogP contribution is -2.51. The van der Waals surface area contributed by atoms with E-state index in [-0.39, 0.29) is 0 Å². The van der Waals surface area contributed by atoms with Crippen molar-refractivity contribution in [2.24, 2.45) is 7.05 Å². The number of thiazole rings is 1. The van der Waals surface area contributed by atoms with Crippen LogP contribution in [0, 0.1) is 0 Å². The Bertz CT molecular complexity index is 873. The molecule has 2 fully saturated rings. The SMILES string of the molecule is Cn1cc(CN2CCCC23CCN(c2nc4ccccc4s2)CC3)cn1. The second kappa shape index (κ2) is 6.35. The zero-order chi connectivity index (χ0) is 17.6. The number of rotatable bonds is 3. The Labute approximate surface area is 158 Å². The minimum absolute atomic E-state index is 0.378. The second-order valence-corrected chi connectivity index (χ2v) is 8.73. The lowest BCUT2D eigenvalue weighted by atomic mass is 9.85. The third kappa shape index (κ3) is 2.81. The molecule has 2 saturated heterocycles. The summed E-state index contributed by atoms with van der Waals surface area (Å²) < 4.78 is 3.20. The largest absolute Gasteiger partial charge is 0.348 e. The molecule has 5 nitrogen and oxygen atoms in total. The minimum atomic E-state index is 0.378. The summed E-state index contributed by atoms with van der Waals surface area (Å²) in [4.78, 5) is 10.1. The molecule has 1 spiro atoms. The molecule has 4 heterocycles. The van der Waals surface area contributed by atoms with E-state index in [1.165, 1.54) is 47.6 Å². The molecule has 6 heteroatoms. The van der Waals surface area contributed by atoms with Crippen molar-refractivity contribution in [3.8, 4) is 0 Å². The van der Waals surface area contributed by atoms with Gasteiger partial charge in [0.1, 0.15) is 0 Å². The monoisotopic (exact) mass is 367 g/mol. The van der Waals surface area contributed by atoms with Crippen molar-refractivity contribution in [3.63, 3.8) is 0 Å². The Morgan fingerprint density at radius 2 is 1.96 bits per heavy atom. The Morgan fingerprint density at radius 1 is 1.12 bits per heavy atom. The van der Waals surface area contributed by atoms with Gasteiger partial charge in [0, 0.05) is 44.0 Å². The summed E-state index contributed by atoms with van der Waals surface area (Å²) in [5, 5.41) is 5.53. The van der Waals surface area contributed by atoms with E-state index in [1.54, 1.807) is 0 Å². The van der Waals surface area contributed by atoms with Crippen LogP contribution in [0.15, 0.2) is 36.7 Å². The number of hydrogen-bond donors (Lipinski definition) is 0. The zero-order valence-corrected chi connectivity index (χ0v) is 16.1. The van der Waals surface area contributed by atoms with Gasteiger partial charge < -0.3 is 4.90 Å². The van der Waals surface area contributed by atoms with Gasteiger partial charge in [-0.05, 0) is 44.4 Å². The van der Waals surface area contributed by atoms with Crippen molar-refractivity contribution >= 4 is 26.7 Å². The standard InChI is InChI=1S/C20H25N5S/c1-23-14-16(13-21-23)15-25-10-4-7-20(25)8-11-24(12-9-20)19-22-17-5-2-3-6-18(17)26-19/h2-3,5-6,13-14H,4,7-12,15H2,1H3. The maximum atomic E-state index is 4.86. The Morgan fingerprint density at radius 3 is 2.73 bits per heavy atom. The average Bonchev–Trinajstić information content (AvgIpc) is 3.36. The van der Waals surface area contributed by atoms with Gasteiger partial charge in [-0.1, -0.05) is 23.5 Å². The molecule has 0 amide bonds. The Balaban J connectivity index is 1.30. The lowest BCUT2D eigenvalue weighted by Gasteiger charge is -2.45. The van der Waals surface area contributed by atoms with Gasteiger partial charge in [-0.25, -0.2) is 4.98 Å². The molecule has 5 rings (SSSR count). The first-order chi connectivity index (χ1) is 12.7. The van der Waals surface area contributed by atoms with Gasteiger partial charge in [0.05, 0.1) is 16.4 Å². The number of anilines is 1. The van der Waals surface area contributed by atoms with Crippen LogP contribution in [0.1, 0.15) is 31.2 Å². The highest BCUT2D eigenvalue weighted by Gasteiger charge is 2.43. The quantitative estimate of drug-likeness (QED) is 0.708. The van der Waals surface area contributed by atoms with Crippen molar-refractivity contribution in [3.05, 3.63) is 42.2 Å². The fraction of sp³-hybridized carbons (Fsp3) is 0.500. The summed E-state index contributed by atoms with van der Waals surface area (Å²) in [5.74, 6) is 0. The molecular formula is C20H25N5S. The number of aromatic nitrogens is 3. The highest BCUT2D eigenvalue weighted by Crippen LogP contribution is 2.41. The predicted octanol–water partition coefficient (Wildman–Crippen LogP) is 3.66. The first kappa shape index (κ1) is 16.3. The third-order valence-corrected chi connectivity index (χ3v) is 7.22. The second-order valence-electron chi connectivity index (χ2n) is 7.72. The van der Waals surface area contributed by atoms with Crippen LogP contribution in [0.4, 0.5) is 5.13 Å². The molecule has 1 aromatic carbocycles. The number of hydrogen-bond acceptors (Lipinski definition) is 5. The van der Waals surface area contributed by atoms with Crippen LogP contribution in [0.25, 0.3) is 10.2 Å². The minimum Gasteiger partial charge on any atom is -0.348 e. The molecular weight excluding hydrogens is 342 g/mol. The highest BCUT2D eigenvalue weighted by atomic mass is 32.1. The van der Waals surface area contributed by atoms with E-state index in [2.05, 4.69) is 45.4 Å². The summed E-state index contributed by atoms with van der Waals surface area (Å²) in [5.41, 5.74) is 2.84. The van der Waals surface area contributed by atoms with Crippen molar-refractivity contribution in [1.82, 2.24) is 19.7 Å². The predicted molar refractivity (Wildman–Crippen MR) is 107 cm³/mol. The van der Waals surface area contributed by atoms with Crippen LogP contribution in [-0.2, 0) is 13.6 Å². The van der Waals surface area contributed by atoms with Crippen LogP contribution in [0.5, 0.6) is 0 Å². The summed E-state index contributed by atoms with van der Waals surface area (Å²) in [6.07, 6.45) is 9.30. The molecule has 0 atom stereocenters. The van der Waals surface area contributed by atoms with Crippen LogP contribution >= 0.6 is 11.3 Å². The van der Waals surface area contributed by atoms with Crippen molar-refractivity contribution in [2.45, 2.75) is 37.8 Å². The summed E-state index contributed by atoms with van der Waals surface area (Å²) in [6.45, 7) is 4.48. The topological polar surface area (TPSA) is 37.2 Å². The fourth-order valence-corrected chi connectivity index (χ4v) is 5.71. The Hall–Kier alpha value is -1.92. The molecule has 0 radical (unpaired) electrons. The van der Waals surface area contributed by atoms with Gasteiger partial charge in [0.2, 0.25) is 0 Å². The molecule has 2 aromatic heterocycles. The molecule has 0 saturated carbocycles. The van der Waals surface area contributed by atoms with E-state index >= 15 is 0 Å². The maximum absolute atomic E-state index is 4.86. The number of piperidine rings is 1. The van der Waals surface area contributed by atoms with Crippen LogP contribution in [0.3, 0.4) is 0 Å². The summed E-state index contributed by atoms with van der Waals surface area (Å²) in [7, 11) is 2.00. The maximum Gasteiger partial charge on any atom is 0.186 e. The van der Waals surface area contributed by atoms with Crippen LogP contribution < -0.4 is 4.90 Å².